The highest BCUT2D eigenvalue weighted by Gasteiger charge is 2.10. The van der Waals surface area contributed by atoms with Gasteiger partial charge in [-0.3, -0.25) is 4.79 Å². The van der Waals surface area contributed by atoms with Crippen LogP contribution in [0.1, 0.15) is 21.5 Å². The zero-order valence-corrected chi connectivity index (χ0v) is 13.8. The first kappa shape index (κ1) is 14.3. The van der Waals surface area contributed by atoms with E-state index in [-0.39, 0.29) is 5.91 Å². The average molecular weight is 383 g/mol. The number of rotatable bonds is 2. The van der Waals surface area contributed by atoms with Gasteiger partial charge in [-0.1, -0.05) is 33.6 Å². The number of carbonyl (C=O) groups excluding carboxylic acids is 1. The summed E-state index contributed by atoms with van der Waals surface area (Å²) < 4.78 is 1.77. The molecule has 2 rings (SSSR count). The maximum absolute atomic E-state index is 12.2. The molecule has 98 valence electrons. The maximum Gasteiger partial charge on any atom is 0.256 e. The molecule has 0 bridgehead atoms. The average Bonchev–Trinajstić information content (AvgIpc) is 2.36. The van der Waals surface area contributed by atoms with E-state index in [0.717, 1.165) is 25.8 Å². The molecule has 0 aliphatic heterocycles. The third-order valence-electron chi connectivity index (χ3n) is 2.80. The van der Waals surface area contributed by atoms with Gasteiger partial charge < -0.3 is 5.32 Å². The summed E-state index contributed by atoms with van der Waals surface area (Å²) in [5.41, 5.74) is 3.60. The Balaban J connectivity index is 2.25. The topological polar surface area (TPSA) is 29.1 Å². The quantitative estimate of drug-likeness (QED) is 0.770. The van der Waals surface area contributed by atoms with E-state index < -0.39 is 0 Å². The summed E-state index contributed by atoms with van der Waals surface area (Å²) in [6.45, 7) is 3.97. The largest absolute Gasteiger partial charge is 0.322 e. The van der Waals surface area contributed by atoms with Crippen LogP contribution in [0.15, 0.2) is 45.3 Å². The van der Waals surface area contributed by atoms with Crippen LogP contribution in [0, 0.1) is 13.8 Å². The number of halogens is 2. The summed E-state index contributed by atoms with van der Waals surface area (Å²) in [6, 6.07) is 11.5. The lowest BCUT2D eigenvalue weighted by molar-refractivity contribution is 0.102. The van der Waals surface area contributed by atoms with Crippen molar-refractivity contribution >= 4 is 43.5 Å². The molecule has 2 aromatic carbocycles. The summed E-state index contributed by atoms with van der Waals surface area (Å²) in [5, 5.41) is 2.90. The van der Waals surface area contributed by atoms with Crippen molar-refractivity contribution < 1.29 is 4.79 Å². The zero-order chi connectivity index (χ0) is 14.0. The molecule has 0 saturated carbocycles. The van der Waals surface area contributed by atoms with Gasteiger partial charge in [0.15, 0.2) is 0 Å². The van der Waals surface area contributed by atoms with Crippen molar-refractivity contribution in [2.24, 2.45) is 0 Å². The molecule has 0 unspecified atom stereocenters. The van der Waals surface area contributed by atoms with Crippen molar-refractivity contribution in [3.05, 3.63) is 62.0 Å². The number of hydrogen-bond donors (Lipinski definition) is 1. The number of nitrogens with one attached hydrogen (secondary N) is 1. The van der Waals surface area contributed by atoms with Gasteiger partial charge in [0.25, 0.3) is 5.91 Å². The lowest BCUT2D eigenvalue weighted by Crippen LogP contribution is -2.12. The summed E-state index contributed by atoms with van der Waals surface area (Å²) in [7, 11) is 0. The molecule has 0 aromatic heterocycles. The Morgan fingerprint density at radius 1 is 1.00 bits per heavy atom. The summed E-state index contributed by atoms with van der Waals surface area (Å²) in [5.74, 6) is -0.119. The van der Waals surface area contributed by atoms with E-state index in [1.54, 1.807) is 0 Å². The van der Waals surface area contributed by atoms with Crippen molar-refractivity contribution in [1.82, 2.24) is 0 Å². The predicted octanol–water partition coefficient (Wildman–Crippen LogP) is 5.08. The number of amides is 1. The second-order valence-corrected chi connectivity index (χ2v) is 6.11. The van der Waals surface area contributed by atoms with Gasteiger partial charge in [-0.25, -0.2) is 0 Å². The number of benzene rings is 2. The molecule has 0 fully saturated rings. The molecule has 0 radical (unpaired) electrons. The monoisotopic (exact) mass is 381 g/mol. The molecule has 2 nitrogen and oxygen atoms in total. The third-order valence-corrected chi connectivity index (χ3v) is 4.34. The van der Waals surface area contributed by atoms with Crippen LogP contribution in [0.2, 0.25) is 0 Å². The van der Waals surface area contributed by atoms with Crippen LogP contribution in [-0.2, 0) is 0 Å². The number of aryl methyl sites for hydroxylation is 2. The van der Waals surface area contributed by atoms with E-state index in [0.29, 0.717) is 5.56 Å². The van der Waals surface area contributed by atoms with E-state index in [1.807, 2.05) is 50.2 Å². The maximum atomic E-state index is 12.2. The minimum absolute atomic E-state index is 0.119. The third kappa shape index (κ3) is 3.45. The second-order valence-electron chi connectivity index (χ2n) is 4.40. The Morgan fingerprint density at radius 2 is 1.74 bits per heavy atom. The molecule has 0 aliphatic rings. The highest BCUT2D eigenvalue weighted by Crippen LogP contribution is 2.23. The minimum atomic E-state index is -0.119. The number of hydrogen-bond acceptors (Lipinski definition) is 1. The van der Waals surface area contributed by atoms with Crippen LogP contribution < -0.4 is 5.32 Å². The first-order valence-corrected chi connectivity index (χ1v) is 7.39. The van der Waals surface area contributed by atoms with Crippen molar-refractivity contribution in [1.29, 1.82) is 0 Å². The minimum Gasteiger partial charge on any atom is -0.322 e. The molecule has 19 heavy (non-hydrogen) atoms. The van der Waals surface area contributed by atoms with Crippen molar-refractivity contribution in [3.8, 4) is 0 Å². The fraction of sp³-hybridized carbons (Fsp3) is 0.133. The van der Waals surface area contributed by atoms with Crippen molar-refractivity contribution in [2.45, 2.75) is 13.8 Å². The van der Waals surface area contributed by atoms with Crippen LogP contribution in [0.5, 0.6) is 0 Å². The highest BCUT2D eigenvalue weighted by molar-refractivity contribution is 9.10. The Morgan fingerprint density at radius 3 is 2.42 bits per heavy atom. The summed E-state index contributed by atoms with van der Waals surface area (Å²) in [4.78, 5) is 12.2. The van der Waals surface area contributed by atoms with E-state index in [4.69, 9.17) is 0 Å². The molecule has 0 atom stereocenters. The lowest BCUT2D eigenvalue weighted by atomic mass is 10.1. The van der Waals surface area contributed by atoms with E-state index >= 15 is 0 Å². The van der Waals surface area contributed by atoms with Crippen LogP contribution in [0.4, 0.5) is 5.69 Å². The SMILES string of the molecule is Cc1ccc(Br)c(C(=O)Nc2ccc(C)c(Br)c2)c1. The molecule has 0 saturated heterocycles. The molecular weight excluding hydrogens is 370 g/mol. The van der Waals surface area contributed by atoms with Crippen molar-refractivity contribution in [3.63, 3.8) is 0 Å². The van der Waals surface area contributed by atoms with Gasteiger partial charge in [0.1, 0.15) is 0 Å². The molecule has 4 heteroatoms. The number of carbonyl (C=O) groups is 1. The Labute approximate surface area is 129 Å². The molecule has 1 N–H and O–H groups in total. The standard InChI is InChI=1S/C15H13Br2NO/c1-9-3-6-13(16)12(7-9)15(19)18-11-5-4-10(2)14(17)8-11/h3-8H,1-2H3,(H,18,19). The Kier molecular flexibility index (Phi) is 4.42. The first-order valence-electron chi connectivity index (χ1n) is 5.81. The predicted molar refractivity (Wildman–Crippen MR) is 85.7 cm³/mol. The summed E-state index contributed by atoms with van der Waals surface area (Å²) in [6.07, 6.45) is 0. The van der Waals surface area contributed by atoms with Crippen LogP contribution in [0.3, 0.4) is 0 Å². The molecule has 2 aromatic rings. The van der Waals surface area contributed by atoms with Gasteiger partial charge >= 0.3 is 0 Å². The normalized spacial score (nSPS) is 10.3. The zero-order valence-electron chi connectivity index (χ0n) is 10.6. The van der Waals surface area contributed by atoms with E-state index in [9.17, 15) is 4.79 Å². The van der Waals surface area contributed by atoms with Gasteiger partial charge in [0.2, 0.25) is 0 Å². The van der Waals surface area contributed by atoms with E-state index in [2.05, 4.69) is 37.2 Å². The summed E-state index contributed by atoms with van der Waals surface area (Å²) >= 11 is 6.86. The Hall–Kier alpha value is -1.13. The molecule has 0 spiro atoms. The molecule has 1 amide bonds. The fourth-order valence-corrected chi connectivity index (χ4v) is 2.49. The van der Waals surface area contributed by atoms with Crippen LogP contribution in [0.25, 0.3) is 0 Å². The molecular formula is C15H13Br2NO. The number of anilines is 1. The van der Waals surface area contributed by atoms with Gasteiger partial charge in [-0.2, -0.15) is 0 Å². The smallest absolute Gasteiger partial charge is 0.256 e. The highest BCUT2D eigenvalue weighted by atomic mass is 79.9. The first-order chi connectivity index (χ1) is 8.97. The van der Waals surface area contributed by atoms with Gasteiger partial charge in [0.05, 0.1) is 5.56 Å². The Bertz CT molecular complexity index is 638. The fourth-order valence-electron chi connectivity index (χ4n) is 1.68. The second kappa shape index (κ2) is 5.88. The molecule has 0 aliphatic carbocycles. The van der Waals surface area contributed by atoms with Crippen molar-refractivity contribution in [2.75, 3.05) is 5.32 Å². The van der Waals surface area contributed by atoms with Gasteiger partial charge in [-0.15, -0.1) is 0 Å². The van der Waals surface area contributed by atoms with Crippen LogP contribution in [-0.4, -0.2) is 5.91 Å². The van der Waals surface area contributed by atoms with Gasteiger partial charge in [-0.05, 0) is 59.6 Å². The molecule has 0 heterocycles. The van der Waals surface area contributed by atoms with E-state index in [1.165, 1.54) is 0 Å². The van der Waals surface area contributed by atoms with Crippen LogP contribution >= 0.6 is 31.9 Å². The van der Waals surface area contributed by atoms with Gasteiger partial charge in [0, 0.05) is 14.6 Å². The lowest BCUT2D eigenvalue weighted by Gasteiger charge is -2.09.